The SMILES string of the molecule is Nc1n[nH]c(-c2nc(Cc3ccc(Br)cc3)no2)n1. The molecule has 0 unspecified atom stereocenters. The first-order valence-corrected chi connectivity index (χ1v) is 6.25. The minimum Gasteiger partial charge on any atom is -0.366 e. The Labute approximate surface area is 116 Å². The van der Waals surface area contributed by atoms with E-state index in [0.29, 0.717) is 18.1 Å². The predicted molar refractivity (Wildman–Crippen MR) is 71.0 cm³/mol. The summed E-state index contributed by atoms with van der Waals surface area (Å²) in [5, 5.41) is 10.2. The Morgan fingerprint density at radius 3 is 2.68 bits per heavy atom. The van der Waals surface area contributed by atoms with Crippen molar-refractivity contribution in [2.75, 3.05) is 5.73 Å². The van der Waals surface area contributed by atoms with E-state index in [1.807, 2.05) is 24.3 Å². The fourth-order valence-corrected chi connectivity index (χ4v) is 1.84. The van der Waals surface area contributed by atoms with E-state index in [-0.39, 0.29) is 11.8 Å². The van der Waals surface area contributed by atoms with E-state index in [9.17, 15) is 0 Å². The van der Waals surface area contributed by atoms with Gasteiger partial charge in [0.1, 0.15) is 0 Å². The van der Waals surface area contributed by atoms with Gasteiger partial charge in [-0.3, -0.25) is 5.10 Å². The number of benzene rings is 1. The van der Waals surface area contributed by atoms with E-state index in [4.69, 9.17) is 10.3 Å². The van der Waals surface area contributed by atoms with Gasteiger partial charge in [0.25, 0.3) is 5.89 Å². The monoisotopic (exact) mass is 320 g/mol. The molecule has 8 heteroatoms. The number of H-pyrrole nitrogens is 1. The van der Waals surface area contributed by atoms with Gasteiger partial charge in [-0.15, -0.1) is 5.10 Å². The number of aromatic amines is 1. The maximum absolute atomic E-state index is 5.41. The van der Waals surface area contributed by atoms with Crippen LogP contribution in [0.15, 0.2) is 33.3 Å². The van der Waals surface area contributed by atoms with Crippen LogP contribution in [0.3, 0.4) is 0 Å². The molecule has 0 saturated carbocycles. The second kappa shape index (κ2) is 4.81. The molecule has 0 spiro atoms. The summed E-state index contributed by atoms with van der Waals surface area (Å²) in [6.07, 6.45) is 0.584. The summed E-state index contributed by atoms with van der Waals surface area (Å²) < 4.78 is 6.13. The van der Waals surface area contributed by atoms with E-state index in [0.717, 1.165) is 10.0 Å². The van der Waals surface area contributed by atoms with Gasteiger partial charge in [0.05, 0.1) is 0 Å². The minimum absolute atomic E-state index is 0.141. The van der Waals surface area contributed by atoms with E-state index >= 15 is 0 Å². The van der Waals surface area contributed by atoms with Crippen molar-refractivity contribution in [1.82, 2.24) is 25.3 Å². The van der Waals surface area contributed by atoms with Gasteiger partial charge in [-0.2, -0.15) is 9.97 Å². The molecule has 0 atom stereocenters. The van der Waals surface area contributed by atoms with E-state index in [1.165, 1.54) is 0 Å². The van der Waals surface area contributed by atoms with Crippen molar-refractivity contribution < 1.29 is 4.52 Å². The number of halogens is 1. The number of nitrogens with one attached hydrogen (secondary N) is 1. The van der Waals surface area contributed by atoms with Gasteiger partial charge < -0.3 is 10.3 Å². The van der Waals surface area contributed by atoms with E-state index < -0.39 is 0 Å². The Kier molecular flexibility index (Phi) is 3.00. The van der Waals surface area contributed by atoms with Crippen molar-refractivity contribution in [1.29, 1.82) is 0 Å². The first-order chi connectivity index (χ1) is 9.20. The predicted octanol–water partition coefficient (Wildman–Crippen LogP) is 1.79. The number of nitrogens with two attached hydrogens (primary N) is 1. The zero-order valence-electron chi connectivity index (χ0n) is 9.67. The lowest BCUT2D eigenvalue weighted by Gasteiger charge is -1.96. The molecule has 0 fully saturated rings. The Morgan fingerprint density at radius 2 is 2.00 bits per heavy atom. The Bertz CT molecular complexity index is 689. The Morgan fingerprint density at radius 1 is 1.21 bits per heavy atom. The quantitative estimate of drug-likeness (QED) is 0.762. The molecule has 2 aromatic heterocycles. The molecule has 7 nitrogen and oxygen atoms in total. The highest BCUT2D eigenvalue weighted by Crippen LogP contribution is 2.16. The topological polar surface area (TPSA) is 107 Å². The molecule has 0 amide bonds. The lowest BCUT2D eigenvalue weighted by Crippen LogP contribution is -1.90. The van der Waals surface area contributed by atoms with Gasteiger partial charge in [0.15, 0.2) is 5.82 Å². The van der Waals surface area contributed by atoms with Crippen LogP contribution >= 0.6 is 15.9 Å². The van der Waals surface area contributed by atoms with Crippen LogP contribution < -0.4 is 5.73 Å². The third-order valence-electron chi connectivity index (χ3n) is 2.45. The summed E-state index contributed by atoms with van der Waals surface area (Å²) in [5.41, 5.74) is 6.50. The lowest BCUT2D eigenvalue weighted by molar-refractivity contribution is 0.421. The normalized spacial score (nSPS) is 10.8. The number of nitrogens with zero attached hydrogens (tertiary/aromatic N) is 4. The molecular formula is C11H9BrN6O. The smallest absolute Gasteiger partial charge is 0.295 e. The molecule has 3 N–H and O–H groups in total. The summed E-state index contributed by atoms with van der Waals surface area (Å²) in [4.78, 5) is 8.15. The molecule has 1 aromatic carbocycles. The highest BCUT2D eigenvalue weighted by atomic mass is 79.9. The van der Waals surface area contributed by atoms with Crippen LogP contribution in [-0.4, -0.2) is 25.3 Å². The van der Waals surface area contributed by atoms with Crippen molar-refractivity contribution >= 4 is 21.9 Å². The fraction of sp³-hybridized carbons (Fsp3) is 0.0909. The number of nitrogen functional groups attached to an aromatic ring is 1. The average Bonchev–Trinajstić information content (AvgIpc) is 3.01. The largest absolute Gasteiger partial charge is 0.366 e. The number of rotatable bonds is 3. The summed E-state index contributed by atoms with van der Waals surface area (Å²) in [6.45, 7) is 0. The second-order valence-corrected chi connectivity index (χ2v) is 4.78. The lowest BCUT2D eigenvalue weighted by atomic mass is 10.1. The summed E-state index contributed by atoms with van der Waals surface area (Å²) in [7, 11) is 0. The van der Waals surface area contributed by atoms with Crippen LogP contribution in [0, 0.1) is 0 Å². The molecule has 0 aliphatic heterocycles. The van der Waals surface area contributed by atoms with Gasteiger partial charge in [-0.1, -0.05) is 33.2 Å². The number of hydrogen-bond donors (Lipinski definition) is 2. The number of aromatic nitrogens is 5. The van der Waals surface area contributed by atoms with Crippen molar-refractivity contribution in [3.63, 3.8) is 0 Å². The van der Waals surface area contributed by atoms with E-state index in [2.05, 4.69) is 41.3 Å². The maximum Gasteiger partial charge on any atom is 0.295 e. The third kappa shape index (κ3) is 2.63. The molecule has 0 aliphatic carbocycles. The molecule has 0 radical (unpaired) electrons. The van der Waals surface area contributed by atoms with Gasteiger partial charge in [-0.05, 0) is 17.7 Å². The van der Waals surface area contributed by atoms with Crippen molar-refractivity contribution in [3.8, 4) is 11.7 Å². The van der Waals surface area contributed by atoms with Crippen molar-refractivity contribution in [2.24, 2.45) is 0 Å². The first-order valence-electron chi connectivity index (χ1n) is 5.46. The standard InChI is InChI=1S/C11H9BrN6O/c12-7-3-1-6(2-4-7)5-8-14-10(19-18-8)9-15-11(13)17-16-9/h1-4H,5H2,(H3,13,15,16,17). The third-order valence-corrected chi connectivity index (χ3v) is 2.98. The molecule has 96 valence electrons. The highest BCUT2D eigenvalue weighted by molar-refractivity contribution is 9.10. The zero-order valence-corrected chi connectivity index (χ0v) is 11.3. The molecule has 2 heterocycles. The Balaban J connectivity index is 1.80. The van der Waals surface area contributed by atoms with E-state index in [1.54, 1.807) is 0 Å². The first kappa shape index (κ1) is 11.8. The zero-order chi connectivity index (χ0) is 13.2. The molecule has 0 saturated heterocycles. The second-order valence-electron chi connectivity index (χ2n) is 3.86. The molecular weight excluding hydrogens is 312 g/mol. The molecule has 3 aromatic rings. The fourth-order valence-electron chi connectivity index (χ4n) is 1.58. The summed E-state index contributed by atoms with van der Waals surface area (Å²) >= 11 is 3.39. The van der Waals surface area contributed by atoms with Crippen molar-refractivity contribution in [2.45, 2.75) is 6.42 Å². The van der Waals surface area contributed by atoms with Gasteiger partial charge in [0.2, 0.25) is 11.8 Å². The number of hydrogen-bond acceptors (Lipinski definition) is 6. The molecule has 0 aliphatic rings. The van der Waals surface area contributed by atoms with Crippen LogP contribution in [0.2, 0.25) is 0 Å². The van der Waals surface area contributed by atoms with Crippen molar-refractivity contribution in [3.05, 3.63) is 40.1 Å². The van der Waals surface area contributed by atoms with Crippen LogP contribution in [0.25, 0.3) is 11.7 Å². The average molecular weight is 321 g/mol. The van der Waals surface area contributed by atoms with Crippen LogP contribution in [-0.2, 0) is 6.42 Å². The highest BCUT2D eigenvalue weighted by Gasteiger charge is 2.12. The molecule has 19 heavy (non-hydrogen) atoms. The Hall–Kier alpha value is -2.22. The van der Waals surface area contributed by atoms with Gasteiger partial charge in [-0.25, -0.2) is 0 Å². The summed E-state index contributed by atoms with van der Waals surface area (Å²) in [6, 6.07) is 7.92. The van der Waals surface area contributed by atoms with Crippen LogP contribution in [0.5, 0.6) is 0 Å². The molecule has 0 bridgehead atoms. The minimum atomic E-state index is 0.141. The summed E-state index contributed by atoms with van der Waals surface area (Å²) in [5.74, 6) is 1.36. The molecule has 3 rings (SSSR count). The van der Waals surface area contributed by atoms with Gasteiger partial charge >= 0.3 is 0 Å². The van der Waals surface area contributed by atoms with Crippen LogP contribution in [0.1, 0.15) is 11.4 Å². The number of anilines is 1. The van der Waals surface area contributed by atoms with Crippen LogP contribution in [0.4, 0.5) is 5.95 Å². The maximum atomic E-state index is 5.41. The van der Waals surface area contributed by atoms with Gasteiger partial charge in [0, 0.05) is 10.9 Å².